The van der Waals surface area contributed by atoms with E-state index in [9.17, 15) is 8.42 Å². The van der Waals surface area contributed by atoms with E-state index in [0.29, 0.717) is 5.69 Å². The van der Waals surface area contributed by atoms with E-state index in [4.69, 9.17) is 9.92 Å². The first-order valence-corrected chi connectivity index (χ1v) is 5.93. The Balaban J connectivity index is 3.07. The number of anilines is 1. The van der Waals surface area contributed by atoms with Gasteiger partial charge in [0.2, 0.25) is 0 Å². The van der Waals surface area contributed by atoms with Crippen LogP contribution in [0, 0.1) is 0 Å². The SMILES string of the molecule is CC(C)(C)OS(=O)(=O)c1cccc(N)c1. The number of nitrogen functional groups attached to an aromatic ring is 1. The van der Waals surface area contributed by atoms with E-state index in [1.54, 1.807) is 32.9 Å². The van der Waals surface area contributed by atoms with Crippen molar-refractivity contribution in [3.8, 4) is 0 Å². The van der Waals surface area contributed by atoms with Crippen LogP contribution in [0.25, 0.3) is 0 Å². The zero-order valence-electron chi connectivity index (χ0n) is 9.02. The molecule has 0 heterocycles. The maximum atomic E-state index is 11.7. The Morgan fingerprint density at radius 1 is 1.27 bits per heavy atom. The molecule has 0 aliphatic rings. The molecule has 4 nitrogen and oxygen atoms in total. The van der Waals surface area contributed by atoms with Gasteiger partial charge in [-0.2, -0.15) is 8.42 Å². The highest BCUT2D eigenvalue weighted by Gasteiger charge is 2.23. The van der Waals surface area contributed by atoms with Crippen LogP contribution in [0.15, 0.2) is 29.2 Å². The molecule has 1 aromatic carbocycles. The highest BCUT2D eigenvalue weighted by molar-refractivity contribution is 7.86. The van der Waals surface area contributed by atoms with E-state index < -0.39 is 15.7 Å². The van der Waals surface area contributed by atoms with Crippen LogP contribution >= 0.6 is 0 Å². The standard InChI is InChI=1S/C10H15NO3S/c1-10(2,3)14-15(12,13)9-6-4-5-8(11)7-9/h4-7H,11H2,1-3H3. The molecule has 0 aliphatic carbocycles. The molecule has 0 saturated heterocycles. The molecule has 0 aromatic heterocycles. The van der Waals surface area contributed by atoms with E-state index in [1.165, 1.54) is 12.1 Å². The molecule has 1 aromatic rings. The lowest BCUT2D eigenvalue weighted by molar-refractivity contribution is 0.139. The Kier molecular flexibility index (Phi) is 3.06. The third-order valence-corrected chi connectivity index (χ3v) is 3.06. The van der Waals surface area contributed by atoms with Crippen LogP contribution in [0.1, 0.15) is 20.8 Å². The summed E-state index contributed by atoms with van der Waals surface area (Å²) in [4.78, 5) is 0.0809. The molecule has 0 atom stereocenters. The van der Waals surface area contributed by atoms with Crippen LogP contribution in [0.4, 0.5) is 5.69 Å². The second-order valence-electron chi connectivity index (χ2n) is 4.22. The van der Waals surface area contributed by atoms with Gasteiger partial charge in [0.1, 0.15) is 0 Å². The lowest BCUT2D eigenvalue weighted by atomic mass is 10.2. The van der Waals surface area contributed by atoms with Crippen LogP contribution in [-0.2, 0) is 14.3 Å². The van der Waals surface area contributed by atoms with Crippen molar-refractivity contribution in [2.45, 2.75) is 31.3 Å². The van der Waals surface area contributed by atoms with E-state index in [0.717, 1.165) is 0 Å². The van der Waals surface area contributed by atoms with Gasteiger partial charge in [-0.3, -0.25) is 4.18 Å². The Labute approximate surface area is 90.2 Å². The normalized spacial score (nSPS) is 12.7. The first kappa shape index (κ1) is 12.0. The van der Waals surface area contributed by atoms with Gasteiger partial charge in [-0.25, -0.2) is 0 Å². The molecule has 84 valence electrons. The van der Waals surface area contributed by atoms with Crippen molar-refractivity contribution in [2.24, 2.45) is 0 Å². The zero-order valence-corrected chi connectivity index (χ0v) is 9.84. The topological polar surface area (TPSA) is 69.4 Å². The van der Waals surface area contributed by atoms with Gasteiger partial charge in [0, 0.05) is 5.69 Å². The Morgan fingerprint density at radius 2 is 1.87 bits per heavy atom. The van der Waals surface area contributed by atoms with Gasteiger partial charge in [-0.15, -0.1) is 0 Å². The lowest BCUT2D eigenvalue weighted by Crippen LogP contribution is -2.24. The molecule has 0 aliphatic heterocycles. The first-order valence-electron chi connectivity index (χ1n) is 4.52. The second-order valence-corrected chi connectivity index (χ2v) is 5.77. The van der Waals surface area contributed by atoms with E-state index in [2.05, 4.69) is 0 Å². The highest BCUT2D eigenvalue weighted by atomic mass is 32.2. The van der Waals surface area contributed by atoms with E-state index in [1.807, 2.05) is 0 Å². The number of hydrogen-bond acceptors (Lipinski definition) is 4. The first-order chi connectivity index (χ1) is 6.71. The number of benzene rings is 1. The molecule has 0 fully saturated rings. The average molecular weight is 229 g/mol. The number of nitrogens with two attached hydrogens (primary N) is 1. The molecule has 0 amide bonds. The quantitative estimate of drug-likeness (QED) is 0.620. The van der Waals surface area contributed by atoms with Crippen molar-refractivity contribution < 1.29 is 12.6 Å². The molecule has 5 heteroatoms. The summed E-state index contributed by atoms with van der Waals surface area (Å²) in [7, 11) is -3.72. The van der Waals surface area contributed by atoms with Crippen molar-refractivity contribution in [1.82, 2.24) is 0 Å². The van der Waals surface area contributed by atoms with E-state index in [-0.39, 0.29) is 4.90 Å². The Hall–Kier alpha value is -1.07. The lowest BCUT2D eigenvalue weighted by Gasteiger charge is -2.18. The average Bonchev–Trinajstić information content (AvgIpc) is 1.99. The summed E-state index contributed by atoms with van der Waals surface area (Å²) in [6.45, 7) is 5.03. The molecule has 2 N–H and O–H groups in total. The fraction of sp³-hybridized carbons (Fsp3) is 0.400. The Morgan fingerprint density at radius 3 is 2.33 bits per heavy atom. The van der Waals surface area contributed by atoms with Crippen molar-refractivity contribution in [2.75, 3.05) is 5.73 Å². The Bertz CT molecular complexity index is 446. The largest absolute Gasteiger partial charge is 0.399 e. The van der Waals surface area contributed by atoms with Gasteiger partial charge in [0.25, 0.3) is 10.1 Å². The van der Waals surface area contributed by atoms with Crippen molar-refractivity contribution in [1.29, 1.82) is 0 Å². The van der Waals surface area contributed by atoms with Crippen LogP contribution in [-0.4, -0.2) is 14.0 Å². The number of hydrogen-bond donors (Lipinski definition) is 1. The predicted molar refractivity (Wildman–Crippen MR) is 58.9 cm³/mol. The van der Waals surface area contributed by atoms with Crippen molar-refractivity contribution >= 4 is 15.8 Å². The maximum Gasteiger partial charge on any atom is 0.297 e. The molecule has 15 heavy (non-hydrogen) atoms. The minimum Gasteiger partial charge on any atom is -0.399 e. The minimum absolute atomic E-state index is 0.0809. The van der Waals surface area contributed by atoms with Gasteiger partial charge in [0.05, 0.1) is 10.5 Å². The fourth-order valence-electron chi connectivity index (χ4n) is 1.05. The van der Waals surface area contributed by atoms with Gasteiger partial charge in [0.15, 0.2) is 0 Å². The summed E-state index contributed by atoms with van der Waals surface area (Å²) in [6, 6.07) is 6.03. The molecular weight excluding hydrogens is 214 g/mol. The van der Waals surface area contributed by atoms with Gasteiger partial charge in [-0.05, 0) is 39.0 Å². The molecular formula is C10H15NO3S. The summed E-state index contributed by atoms with van der Waals surface area (Å²) in [6.07, 6.45) is 0. The molecule has 0 saturated carbocycles. The van der Waals surface area contributed by atoms with Crippen LogP contribution < -0.4 is 5.73 Å². The molecule has 0 radical (unpaired) electrons. The minimum atomic E-state index is -3.72. The van der Waals surface area contributed by atoms with Crippen molar-refractivity contribution in [3.63, 3.8) is 0 Å². The van der Waals surface area contributed by atoms with Gasteiger partial charge >= 0.3 is 0 Å². The summed E-state index contributed by atoms with van der Waals surface area (Å²) < 4.78 is 28.4. The van der Waals surface area contributed by atoms with Crippen LogP contribution in [0.2, 0.25) is 0 Å². The smallest absolute Gasteiger partial charge is 0.297 e. The van der Waals surface area contributed by atoms with Gasteiger partial charge in [-0.1, -0.05) is 6.07 Å². The fourth-order valence-corrected chi connectivity index (χ4v) is 2.33. The molecule has 1 rings (SSSR count). The summed E-state index contributed by atoms with van der Waals surface area (Å²) in [5, 5.41) is 0. The number of rotatable bonds is 2. The van der Waals surface area contributed by atoms with E-state index >= 15 is 0 Å². The van der Waals surface area contributed by atoms with Gasteiger partial charge < -0.3 is 5.73 Å². The van der Waals surface area contributed by atoms with Crippen molar-refractivity contribution in [3.05, 3.63) is 24.3 Å². The predicted octanol–water partition coefficient (Wildman–Crippen LogP) is 1.77. The highest BCUT2D eigenvalue weighted by Crippen LogP contribution is 2.20. The van der Waals surface area contributed by atoms with Crippen LogP contribution in [0.3, 0.4) is 0 Å². The molecule has 0 unspecified atom stereocenters. The third-order valence-electron chi connectivity index (χ3n) is 1.51. The maximum absolute atomic E-state index is 11.7. The van der Waals surface area contributed by atoms with Crippen LogP contribution in [0.5, 0.6) is 0 Å². The molecule has 0 bridgehead atoms. The third kappa shape index (κ3) is 3.53. The zero-order chi connectivity index (χ0) is 11.7. The second kappa shape index (κ2) is 3.83. The summed E-state index contributed by atoms with van der Waals surface area (Å²) in [5.41, 5.74) is 5.15. The summed E-state index contributed by atoms with van der Waals surface area (Å²) in [5.74, 6) is 0. The summed E-state index contributed by atoms with van der Waals surface area (Å²) >= 11 is 0. The monoisotopic (exact) mass is 229 g/mol. The molecule has 0 spiro atoms.